The van der Waals surface area contributed by atoms with E-state index < -0.39 is 0 Å². The highest BCUT2D eigenvalue weighted by Crippen LogP contribution is 2.18. The molecule has 1 heterocycles. The maximum atomic E-state index is 11.7. The first kappa shape index (κ1) is 14.8. The number of pyridine rings is 1. The molecule has 2 aromatic rings. The number of carbonyl (C=O) groups excluding carboxylic acids is 1. The van der Waals surface area contributed by atoms with Crippen molar-refractivity contribution in [3.05, 3.63) is 53.9 Å². The van der Waals surface area contributed by atoms with Crippen molar-refractivity contribution in [2.75, 3.05) is 24.2 Å². The third-order valence-electron chi connectivity index (χ3n) is 3.30. The molecule has 1 amide bonds. The highest BCUT2D eigenvalue weighted by molar-refractivity contribution is 5.92. The van der Waals surface area contributed by atoms with Gasteiger partial charge in [0.25, 0.3) is 5.91 Å². The summed E-state index contributed by atoms with van der Waals surface area (Å²) in [5.74, 6) is -0.180. The van der Waals surface area contributed by atoms with Crippen LogP contribution in [0.4, 0.5) is 11.4 Å². The molecule has 5 heteroatoms. The first-order valence-corrected chi connectivity index (χ1v) is 6.91. The smallest absolute Gasteiger partial charge is 0.269 e. The molecule has 1 aromatic heterocycles. The molecule has 0 radical (unpaired) electrons. The quantitative estimate of drug-likeness (QED) is 0.824. The van der Waals surface area contributed by atoms with Gasteiger partial charge in [-0.05, 0) is 36.8 Å². The van der Waals surface area contributed by atoms with E-state index in [1.165, 1.54) is 5.56 Å². The van der Waals surface area contributed by atoms with Crippen LogP contribution in [0.2, 0.25) is 0 Å². The molecule has 1 aromatic carbocycles. The molecule has 5 nitrogen and oxygen atoms in total. The number of nitrogens with two attached hydrogens (primary N) is 1. The van der Waals surface area contributed by atoms with Gasteiger partial charge in [0.05, 0.1) is 0 Å². The number of nitrogen functional groups attached to an aromatic ring is 1. The average Bonchev–Trinajstić information content (AvgIpc) is 2.53. The van der Waals surface area contributed by atoms with E-state index in [0.717, 1.165) is 24.5 Å². The van der Waals surface area contributed by atoms with Gasteiger partial charge in [-0.1, -0.05) is 12.1 Å². The molecular formula is C16H20N4O. The first-order chi connectivity index (χ1) is 10.1. The second-order valence-electron chi connectivity index (χ2n) is 4.73. The van der Waals surface area contributed by atoms with Crippen LogP contribution >= 0.6 is 0 Å². The van der Waals surface area contributed by atoms with Crippen LogP contribution in [0.15, 0.2) is 42.6 Å². The zero-order valence-electron chi connectivity index (χ0n) is 12.3. The Kier molecular flexibility index (Phi) is 4.77. The van der Waals surface area contributed by atoms with Crippen molar-refractivity contribution in [1.29, 1.82) is 0 Å². The summed E-state index contributed by atoms with van der Waals surface area (Å²) >= 11 is 0. The summed E-state index contributed by atoms with van der Waals surface area (Å²) in [5.41, 5.74) is 9.03. The Morgan fingerprint density at radius 1 is 1.29 bits per heavy atom. The average molecular weight is 284 g/mol. The van der Waals surface area contributed by atoms with E-state index in [9.17, 15) is 4.79 Å². The predicted molar refractivity (Wildman–Crippen MR) is 85.2 cm³/mol. The lowest BCUT2D eigenvalue weighted by molar-refractivity contribution is 0.0958. The second kappa shape index (κ2) is 6.74. The number of nitrogens with one attached hydrogen (secondary N) is 1. The Morgan fingerprint density at radius 3 is 2.62 bits per heavy atom. The summed E-state index contributed by atoms with van der Waals surface area (Å²) in [7, 11) is 1.60. The molecule has 0 fully saturated rings. The van der Waals surface area contributed by atoms with E-state index >= 15 is 0 Å². The fraction of sp³-hybridized carbons (Fsp3) is 0.250. The number of anilines is 2. The van der Waals surface area contributed by atoms with Gasteiger partial charge in [-0.2, -0.15) is 0 Å². The molecule has 0 saturated carbocycles. The van der Waals surface area contributed by atoms with Crippen LogP contribution in [0.25, 0.3) is 0 Å². The van der Waals surface area contributed by atoms with Crippen molar-refractivity contribution in [3.8, 4) is 0 Å². The molecule has 0 unspecified atom stereocenters. The van der Waals surface area contributed by atoms with Gasteiger partial charge in [0.2, 0.25) is 0 Å². The van der Waals surface area contributed by atoms with E-state index in [1.807, 2.05) is 30.3 Å². The summed E-state index contributed by atoms with van der Waals surface area (Å²) in [6.45, 7) is 3.67. The number of hydrogen-bond donors (Lipinski definition) is 2. The lowest BCUT2D eigenvalue weighted by Crippen LogP contribution is -2.24. The van der Waals surface area contributed by atoms with Crippen molar-refractivity contribution >= 4 is 17.3 Å². The number of rotatable bonds is 5. The number of amides is 1. The van der Waals surface area contributed by atoms with Gasteiger partial charge in [0.1, 0.15) is 5.69 Å². The highest BCUT2D eigenvalue weighted by Gasteiger charge is 2.10. The lowest BCUT2D eigenvalue weighted by Gasteiger charge is -2.23. The molecule has 0 atom stereocenters. The molecule has 110 valence electrons. The topological polar surface area (TPSA) is 71.2 Å². The predicted octanol–water partition coefficient (Wildman–Crippen LogP) is 2.05. The van der Waals surface area contributed by atoms with E-state index in [0.29, 0.717) is 5.69 Å². The fourth-order valence-corrected chi connectivity index (χ4v) is 2.10. The van der Waals surface area contributed by atoms with Crippen molar-refractivity contribution in [2.24, 2.45) is 0 Å². The number of nitrogens with zero attached hydrogens (tertiary/aromatic N) is 2. The van der Waals surface area contributed by atoms with Gasteiger partial charge >= 0.3 is 0 Å². The van der Waals surface area contributed by atoms with Gasteiger partial charge in [-0.3, -0.25) is 9.78 Å². The lowest BCUT2D eigenvalue weighted by atomic mass is 10.2. The third-order valence-corrected chi connectivity index (χ3v) is 3.30. The van der Waals surface area contributed by atoms with Crippen LogP contribution < -0.4 is 16.0 Å². The van der Waals surface area contributed by atoms with Crippen LogP contribution in [0.1, 0.15) is 23.0 Å². The normalized spacial score (nSPS) is 10.2. The van der Waals surface area contributed by atoms with Gasteiger partial charge < -0.3 is 16.0 Å². The zero-order valence-corrected chi connectivity index (χ0v) is 12.3. The second-order valence-corrected chi connectivity index (χ2v) is 4.73. The van der Waals surface area contributed by atoms with Crippen LogP contribution in [-0.2, 0) is 6.54 Å². The van der Waals surface area contributed by atoms with E-state index in [4.69, 9.17) is 5.73 Å². The largest absolute Gasteiger partial charge is 0.399 e. The summed E-state index contributed by atoms with van der Waals surface area (Å²) in [5, 5.41) is 2.59. The number of aromatic nitrogens is 1. The molecule has 21 heavy (non-hydrogen) atoms. The molecule has 0 aliphatic heterocycles. The molecule has 3 N–H and O–H groups in total. The molecule has 0 saturated heterocycles. The SMILES string of the molecule is CCN(Cc1ccc(N)cc1)c1ccnc(C(=O)NC)c1. The van der Waals surface area contributed by atoms with Crippen LogP contribution in [-0.4, -0.2) is 24.5 Å². The molecule has 0 spiro atoms. The maximum absolute atomic E-state index is 11.7. The minimum absolute atomic E-state index is 0.180. The Hall–Kier alpha value is -2.56. The number of benzene rings is 1. The summed E-state index contributed by atoms with van der Waals surface area (Å²) < 4.78 is 0. The Labute approximate surface area is 124 Å². The van der Waals surface area contributed by atoms with Gasteiger partial charge in [0, 0.05) is 37.7 Å². The van der Waals surface area contributed by atoms with Crippen LogP contribution in [0.3, 0.4) is 0 Å². The monoisotopic (exact) mass is 284 g/mol. The summed E-state index contributed by atoms with van der Waals surface area (Å²) in [4.78, 5) is 17.9. The van der Waals surface area contributed by atoms with Crippen LogP contribution in [0, 0.1) is 0 Å². The molecule has 0 bridgehead atoms. The zero-order chi connectivity index (χ0) is 15.2. The van der Waals surface area contributed by atoms with Gasteiger partial charge in [-0.25, -0.2) is 0 Å². The summed E-state index contributed by atoms with van der Waals surface area (Å²) in [6.07, 6.45) is 1.66. The molecule has 2 rings (SSSR count). The molecular weight excluding hydrogens is 264 g/mol. The van der Waals surface area contributed by atoms with Crippen molar-refractivity contribution < 1.29 is 4.79 Å². The minimum Gasteiger partial charge on any atom is -0.399 e. The first-order valence-electron chi connectivity index (χ1n) is 6.91. The molecule has 0 aliphatic carbocycles. The standard InChI is InChI=1S/C16H20N4O/c1-3-20(11-12-4-6-13(17)7-5-12)14-8-9-19-15(10-14)16(21)18-2/h4-10H,3,11,17H2,1-2H3,(H,18,21). The third kappa shape index (κ3) is 3.72. The van der Waals surface area contributed by atoms with E-state index in [-0.39, 0.29) is 5.91 Å². The summed E-state index contributed by atoms with van der Waals surface area (Å²) in [6, 6.07) is 11.5. The Morgan fingerprint density at radius 2 is 2.00 bits per heavy atom. The Bertz CT molecular complexity index is 610. The van der Waals surface area contributed by atoms with Crippen molar-refractivity contribution in [2.45, 2.75) is 13.5 Å². The fourth-order valence-electron chi connectivity index (χ4n) is 2.10. The maximum Gasteiger partial charge on any atom is 0.269 e. The van der Waals surface area contributed by atoms with E-state index in [1.54, 1.807) is 19.3 Å². The highest BCUT2D eigenvalue weighted by atomic mass is 16.1. The number of carbonyl (C=O) groups is 1. The molecule has 0 aliphatic rings. The van der Waals surface area contributed by atoms with Gasteiger partial charge in [0.15, 0.2) is 0 Å². The minimum atomic E-state index is -0.180. The van der Waals surface area contributed by atoms with Gasteiger partial charge in [-0.15, -0.1) is 0 Å². The van der Waals surface area contributed by atoms with Crippen LogP contribution in [0.5, 0.6) is 0 Å². The van der Waals surface area contributed by atoms with Crippen molar-refractivity contribution in [1.82, 2.24) is 10.3 Å². The van der Waals surface area contributed by atoms with Crippen molar-refractivity contribution in [3.63, 3.8) is 0 Å². The van der Waals surface area contributed by atoms with E-state index in [2.05, 4.69) is 22.1 Å². The Balaban J connectivity index is 2.20. The number of hydrogen-bond acceptors (Lipinski definition) is 4.